The lowest BCUT2D eigenvalue weighted by Gasteiger charge is -2.34. The first-order chi connectivity index (χ1) is 11.6. The highest BCUT2D eigenvalue weighted by Crippen LogP contribution is 2.22. The molecule has 0 saturated carbocycles. The van der Waals surface area contributed by atoms with E-state index in [1.807, 2.05) is 48.5 Å². The van der Waals surface area contributed by atoms with Gasteiger partial charge in [0.25, 0.3) is 0 Å². The minimum Gasteiger partial charge on any atom is -0.489 e. The number of amides is 1. The lowest BCUT2D eigenvalue weighted by molar-refractivity contribution is 0.142. The molecule has 0 bridgehead atoms. The van der Waals surface area contributed by atoms with Crippen molar-refractivity contribution < 1.29 is 14.6 Å². The van der Waals surface area contributed by atoms with Crippen LogP contribution in [0.15, 0.2) is 48.5 Å². The number of para-hydroxylation sites is 1. The van der Waals surface area contributed by atoms with Crippen LogP contribution in [0, 0.1) is 0 Å². The normalized spacial score (nSPS) is 14.5. The fourth-order valence-corrected chi connectivity index (χ4v) is 2.74. The van der Waals surface area contributed by atoms with Gasteiger partial charge in [0.05, 0.1) is 0 Å². The van der Waals surface area contributed by atoms with Gasteiger partial charge in [-0.1, -0.05) is 18.2 Å². The Bertz CT molecular complexity index is 695. The van der Waals surface area contributed by atoms with Gasteiger partial charge in [0.2, 0.25) is 0 Å². The molecule has 1 aliphatic rings. The van der Waals surface area contributed by atoms with Crippen LogP contribution < -0.4 is 15.4 Å². The number of hydrogen-bond acceptors (Lipinski definition) is 4. The number of benzene rings is 2. The minimum absolute atomic E-state index is 0.434. The molecule has 0 aliphatic carbocycles. The van der Waals surface area contributed by atoms with E-state index in [2.05, 4.69) is 4.90 Å². The number of carbonyl (C=O) groups is 1. The Morgan fingerprint density at radius 1 is 1.04 bits per heavy atom. The summed E-state index contributed by atoms with van der Waals surface area (Å²) in [5, 5.41) is 8.99. The summed E-state index contributed by atoms with van der Waals surface area (Å²) in [6.07, 6.45) is -0.849. The zero-order valence-electron chi connectivity index (χ0n) is 13.4. The number of nitrogen functional groups attached to an aromatic ring is 1. The van der Waals surface area contributed by atoms with E-state index in [0.717, 1.165) is 22.7 Å². The molecule has 3 rings (SSSR count). The largest absolute Gasteiger partial charge is 0.489 e. The van der Waals surface area contributed by atoms with E-state index in [9.17, 15) is 4.79 Å². The molecule has 126 valence electrons. The third-order valence-electron chi connectivity index (χ3n) is 4.20. The number of ether oxygens (including phenoxy) is 1. The lowest BCUT2D eigenvalue weighted by Crippen LogP contribution is -2.48. The van der Waals surface area contributed by atoms with Crippen LogP contribution in [0.3, 0.4) is 0 Å². The van der Waals surface area contributed by atoms with Gasteiger partial charge >= 0.3 is 6.09 Å². The quantitative estimate of drug-likeness (QED) is 0.844. The average molecular weight is 327 g/mol. The van der Waals surface area contributed by atoms with Gasteiger partial charge < -0.3 is 25.4 Å². The third kappa shape index (κ3) is 3.71. The van der Waals surface area contributed by atoms with E-state index in [4.69, 9.17) is 15.6 Å². The van der Waals surface area contributed by atoms with Gasteiger partial charge in [0.15, 0.2) is 0 Å². The van der Waals surface area contributed by atoms with Gasteiger partial charge in [0.1, 0.15) is 12.4 Å². The first kappa shape index (κ1) is 16.0. The molecule has 24 heavy (non-hydrogen) atoms. The van der Waals surface area contributed by atoms with Crippen LogP contribution in [0.4, 0.5) is 16.2 Å². The van der Waals surface area contributed by atoms with Crippen molar-refractivity contribution in [1.29, 1.82) is 0 Å². The highest BCUT2D eigenvalue weighted by Gasteiger charge is 2.20. The second-order valence-electron chi connectivity index (χ2n) is 5.74. The van der Waals surface area contributed by atoms with E-state index in [-0.39, 0.29) is 0 Å². The summed E-state index contributed by atoms with van der Waals surface area (Å²) >= 11 is 0. The number of piperazine rings is 1. The Morgan fingerprint density at radius 3 is 2.33 bits per heavy atom. The van der Waals surface area contributed by atoms with Gasteiger partial charge in [-0.3, -0.25) is 0 Å². The van der Waals surface area contributed by atoms with E-state index >= 15 is 0 Å². The molecule has 1 saturated heterocycles. The molecule has 1 fully saturated rings. The van der Waals surface area contributed by atoms with Crippen LogP contribution in [-0.2, 0) is 6.61 Å². The van der Waals surface area contributed by atoms with Crippen molar-refractivity contribution in [3.63, 3.8) is 0 Å². The second kappa shape index (κ2) is 7.12. The van der Waals surface area contributed by atoms with E-state index < -0.39 is 6.09 Å². The summed E-state index contributed by atoms with van der Waals surface area (Å²) in [5.74, 6) is 0.783. The molecule has 0 atom stereocenters. The molecule has 0 spiro atoms. The van der Waals surface area contributed by atoms with Crippen molar-refractivity contribution in [3.8, 4) is 5.75 Å². The molecule has 1 heterocycles. The fourth-order valence-electron chi connectivity index (χ4n) is 2.74. The lowest BCUT2D eigenvalue weighted by atomic mass is 10.2. The Hall–Kier alpha value is -2.89. The standard InChI is InChI=1S/C18H21N3O3/c19-17-4-2-1-3-14(17)13-24-16-7-5-15(6-8-16)20-9-11-21(12-10-20)18(22)23/h1-8H,9-13,19H2,(H,22,23). The number of rotatable bonds is 4. The molecule has 1 aliphatic heterocycles. The summed E-state index contributed by atoms with van der Waals surface area (Å²) in [4.78, 5) is 14.6. The molecule has 6 heteroatoms. The van der Waals surface area contributed by atoms with E-state index in [0.29, 0.717) is 32.8 Å². The molecule has 6 nitrogen and oxygen atoms in total. The molecule has 0 radical (unpaired) electrons. The molecule has 2 aromatic carbocycles. The Kier molecular flexibility index (Phi) is 4.74. The van der Waals surface area contributed by atoms with Crippen molar-refractivity contribution in [3.05, 3.63) is 54.1 Å². The van der Waals surface area contributed by atoms with Crippen LogP contribution in [0.2, 0.25) is 0 Å². The van der Waals surface area contributed by atoms with Gasteiger partial charge in [-0.05, 0) is 30.3 Å². The predicted molar refractivity (Wildman–Crippen MR) is 93.4 cm³/mol. The molecule has 0 unspecified atom stereocenters. The van der Waals surface area contributed by atoms with Crippen molar-refractivity contribution in [2.45, 2.75) is 6.61 Å². The maximum Gasteiger partial charge on any atom is 0.407 e. The number of nitrogens with zero attached hydrogens (tertiary/aromatic N) is 2. The number of carboxylic acid groups (broad SMARTS) is 1. The summed E-state index contributed by atoms with van der Waals surface area (Å²) in [5.41, 5.74) is 8.67. The Labute approximate surface area is 141 Å². The zero-order valence-corrected chi connectivity index (χ0v) is 13.4. The number of anilines is 2. The Balaban J connectivity index is 1.56. The second-order valence-corrected chi connectivity index (χ2v) is 5.74. The SMILES string of the molecule is Nc1ccccc1COc1ccc(N2CCN(C(=O)O)CC2)cc1. The van der Waals surface area contributed by atoms with E-state index in [1.54, 1.807) is 0 Å². The smallest absolute Gasteiger partial charge is 0.407 e. The minimum atomic E-state index is -0.849. The highest BCUT2D eigenvalue weighted by atomic mass is 16.5. The van der Waals surface area contributed by atoms with Crippen LogP contribution in [0.5, 0.6) is 5.75 Å². The summed E-state index contributed by atoms with van der Waals surface area (Å²) < 4.78 is 5.78. The summed E-state index contributed by atoms with van der Waals surface area (Å²) in [6.45, 7) is 2.89. The number of hydrogen-bond donors (Lipinski definition) is 2. The maximum atomic E-state index is 10.9. The molecule has 3 N–H and O–H groups in total. The van der Waals surface area contributed by atoms with Crippen LogP contribution in [0.1, 0.15) is 5.56 Å². The van der Waals surface area contributed by atoms with Crippen molar-refractivity contribution in [1.82, 2.24) is 4.90 Å². The van der Waals surface area contributed by atoms with Crippen LogP contribution >= 0.6 is 0 Å². The molecule has 1 amide bonds. The van der Waals surface area contributed by atoms with Gasteiger partial charge in [0, 0.05) is 43.1 Å². The van der Waals surface area contributed by atoms with Gasteiger partial charge in [-0.15, -0.1) is 0 Å². The first-order valence-electron chi connectivity index (χ1n) is 7.92. The predicted octanol–water partition coefficient (Wildman–Crippen LogP) is 2.65. The molecule has 2 aromatic rings. The average Bonchev–Trinajstić information content (AvgIpc) is 2.62. The fraction of sp³-hybridized carbons (Fsp3) is 0.278. The maximum absolute atomic E-state index is 10.9. The van der Waals surface area contributed by atoms with Crippen LogP contribution in [0.25, 0.3) is 0 Å². The van der Waals surface area contributed by atoms with Gasteiger partial charge in [-0.25, -0.2) is 4.79 Å². The highest BCUT2D eigenvalue weighted by molar-refractivity contribution is 5.65. The van der Waals surface area contributed by atoms with Crippen LogP contribution in [-0.4, -0.2) is 42.3 Å². The summed E-state index contributed by atoms with van der Waals surface area (Å²) in [6, 6.07) is 15.5. The summed E-state index contributed by atoms with van der Waals surface area (Å²) in [7, 11) is 0. The molecular formula is C18H21N3O3. The third-order valence-corrected chi connectivity index (χ3v) is 4.20. The van der Waals surface area contributed by atoms with E-state index in [1.165, 1.54) is 4.90 Å². The monoisotopic (exact) mass is 327 g/mol. The Morgan fingerprint density at radius 2 is 1.71 bits per heavy atom. The van der Waals surface area contributed by atoms with Crippen molar-refractivity contribution in [2.75, 3.05) is 36.8 Å². The molecular weight excluding hydrogens is 306 g/mol. The molecule has 0 aromatic heterocycles. The first-order valence-corrected chi connectivity index (χ1v) is 7.92. The van der Waals surface area contributed by atoms with Gasteiger partial charge in [-0.2, -0.15) is 0 Å². The topological polar surface area (TPSA) is 79.0 Å². The zero-order chi connectivity index (χ0) is 16.9. The number of nitrogens with two attached hydrogens (primary N) is 1. The van der Waals surface area contributed by atoms with Crippen molar-refractivity contribution >= 4 is 17.5 Å². The van der Waals surface area contributed by atoms with Crippen molar-refractivity contribution in [2.24, 2.45) is 0 Å².